The van der Waals surface area contributed by atoms with Crippen LogP contribution in [0.1, 0.15) is 15.9 Å². The molecule has 41 heavy (non-hydrogen) atoms. The molecule has 0 bridgehead atoms. The molecule has 0 fully saturated rings. The van der Waals surface area contributed by atoms with Crippen LogP contribution >= 0.6 is 46.6 Å². The molecule has 0 saturated heterocycles. The fourth-order valence-corrected chi connectivity index (χ4v) is 4.84. The first kappa shape index (κ1) is 30.1. The Morgan fingerprint density at radius 2 is 1.56 bits per heavy atom. The van der Waals surface area contributed by atoms with Crippen molar-refractivity contribution < 1.29 is 18.8 Å². The predicted molar refractivity (Wildman–Crippen MR) is 164 cm³/mol. The van der Waals surface area contributed by atoms with Gasteiger partial charge < -0.3 is 16.0 Å². The van der Waals surface area contributed by atoms with Gasteiger partial charge in [-0.3, -0.25) is 14.4 Å². The topological polar surface area (TPSA) is 87.3 Å². The first-order chi connectivity index (χ1) is 19.7. The van der Waals surface area contributed by atoms with E-state index in [0.29, 0.717) is 31.9 Å². The fourth-order valence-electron chi connectivity index (χ4n) is 3.53. The Morgan fingerprint density at radius 1 is 0.805 bits per heavy atom. The van der Waals surface area contributed by atoms with Crippen molar-refractivity contribution in [3.05, 3.63) is 129 Å². The summed E-state index contributed by atoms with van der Waals surface area (Å²) in [7, 11) is 0. The van der Waals surface area contributed by atoms with Gasteiger partial charge in [0.05, 0.1) is 21.5 Å². The van der Waals surface area contributed by atoms with Gasteiger partial charge in [-0.05, 0) is 66.7 Å². The molecule has 3 N–H and O–H groups in total. The van der Waals surface area contributed by atoms with Gasteiger partial charge >= 0.3 is 0 Å². The lowest BCUT2D eigenvalue weighted by molar-refractivity contribution is -0.114. The number of nitrogens with one attached hydrogen (secondary N) is 3. The summed E-state index contributed by atoms with van der Waals surface area (Å²) in [6.07, 6.45) is 1.18. The Morgan fingerprint density at radius 3 is 2.32 bits per heavy atom. The van der Waals surface area contributed by atoms with E-state index in [1.807, 2.05) is 0 Å². The quantitative estimate of drug-likeness (QED) is 0.130. The molecule has 6 nitrogen and oxygen atoms in total. The molecule has 0 saturated carbocycles. The molecule has 0 radical (unpaired) electrons. The van der Waals surface area contributed by atoms with E-state index in [1.165, 1.54) is 36.0 Å². The maximum absolute atomic E-state index is 14.5. The van der Waals surface area contributed by atoms with Gasteiger partial charge in [-0.2, -0.15) is 0 Å². The van der Waals surface area contributed by atoms with Gasteiger partial charge in [-0.1, -0.05) is 65.1 Å². The average Bonchev–Trinajstić information content (AvgIpc) is 2.96. The average molecular weight is 629 g/mol. The summed E-state index contributed by atoms with van der Waals surface area (Å²) >= 11 is 19.5. The van der Waals surface area contributed by atoms with Crippen molar-refractivity contribution >= 4 is 81.7 Å². The highest BCUT2D eigenvalue weighted by molar-refractivity contribution is 8.00. The third-order valence-electron chi connectivity index (χ3n) is 5.48. The van der Waals surface area contributed by atoms with Crippen LogP contribution in [0, 0.1) is 5.82 Å². The van der Waals surface area contributed by atoms with E-state index in [9.17, 15) is 18.8 Å². The molecule has 0 atom stereocenters. The second kappa shape index (κ2) is 14.2. The summed E-state index contributed by atoms with van der Waals surface area (Å²) in [5.41, 5.74) is 0.821. The van der Waals surface area contributed by atoms with Crippen LogP contribution in [-0.4, -0.2) is 23.5 Å². The zero-order valence-corrected chi connectivity index (χ0v) is 24.2. The van der Waals surface area contributed by atoms with Crippen molar-refractivity contribution in [2.24, 2.45) is 0 Å². The highest BCUT2D eigenvalue weighted by atomic mass is 35.5. The summed E-state index contributed by atoms with van der Waals surface area (Å²) in [6.45, 7) is 0. The van der Waals surface area contributed by atoms with Crippen LogP contribution in [0.2, 0.25) is 15.1 Å². The van der Waals surface area contributed by atoms with E-state index in [1.54, 1.807) is 72.8 Å². The Hall–Kier alpha value is -3.82. The summed E-state index contributed by atoms with van der Waals surface area (Å²) in [5, 5.41) is 8.83. The van der Waals surface area contributed by atoms with Crippen LogP contribution in [0.5, 0.6) is 0 Å². The fraction of sp³-hybridized carbons (Fsp3) is 0.0333. The minimum absolute atomic E-state index is 0.0530. The molecule has 0 aliphatic carbocycles. The number of hydrogen-bond donors (Lipinski definition) is 3. The SMILES string of the molecule is O=C(CSc1cccc(NC(=O)/C(=C\c2c(F)cccc2Cl)NC(=O)c2ccccc2)c1)Nc1cc(Cl)ccc1Cl. The van der Waals surface area contributed by atoms with Gasteiger partial charge in [0.25, 0.3) is 11.8 Å². The van der Waals surface area contributed by atoms with Gasteiger partial charge in [-0.25, -0.2) is 4.39 Å². The number of carbonyl (C=O) groups excluding carboxylic acids is 3. The number of hydrogen-bond acceptors (Lipinski definition) is 4. The Labute approximate surface area is 254 Å². The van der Waals surface area contributed by atoms with Gasteiger partial charge in [0.2, 0.25) is 5.91 Å². The van der Waals surface area contributed by atoms with E-state index in [0.717, 1.165) is 0 Å². The molecule has 0 aromatic heterocycles. The van der Waals surface area contributed by atoms with E-state index < -0.39 is 17.6 Å². The van der Waals surface area contributed by atoms with Gasteiger partial charge in [0, 0.05) is 26.7 Å². The first-order valence-corrected chi connectivity index (χ1v) is 14.1. The number of rotatable bonds is 9. The standard InChI is InChI=1S/C30H21Cl3FN3O3S/c31-19-12-13-24(33)26(14-19)36-28(38)17-41-21-9-4-8-20(15-21)35-30(40)27(16-22-23(32)10-5-11-25(22)34)37-29(39)18-6-2-1-3-7-18/h1-16H,17H2,(H,35,40)(H,36,38)(H,37,39)/b27-16+. The normalized spacial score (nSPS) is 11.1. The van der Waals surface area contributed by atoms with Crippen LogP contribution in [0.15, 0.2) is 102 Å². The summed E-state index contributed by atoms with van der Waals surface area (Å²) < 4.78 is 14.5. The molecule has 4 aromatic carbocycles. The zero-order chi connectivity index (χ0) is 29.4. The van der Waals surface area contributed by atoms with E-state index >= 15 is 0 Å². The highest BCUT2D eigenvalue weighted by Crippen LogP contribution is 2.27. The molecular formula is C30H21Cl3FN3O3S. The van der Waals surface area contributed by atoms with Crippen LogP contribution in [0.4, 0.5) is 15.8 Å². The van der Waals surface area contributed by atoms with Crippen LogP contribution in [-0.2, 0) is 9.59 Å². The molecule has 0 spiro atoms. The summed E-state index contributed by atoms with van der Waals surface area (Å²) in [4.78, 5) is 39.3. The minimum atomic E-state index is -0.705. The molecule has 11 heteroatoms. The van der Waals surface area contributed by atoms with Crippen molar-refractivity contribution in [3.8, 4) is 0 Å². The van der Waals surface area contributed by atoms with Crippen molar-refractivity contribution in [1.82, 2.24) is 5.32 Å². The second-order valence-electron chi connectivity index (χ2n) is 8.46. The molecule has 0 heterocycles. The smallest absolute Gasteiger partial charge is 0.272 e. The van der Waals surface area contributed by atoms with Crippen LogP contribution in [0.25, 0.3) is 6.08 Å². The molecule has 3 amide bonds. The molecule has 0 aliphatic heterocycles. The largest absolute Gasteiger partial charge is 0.324 e. The first-order valence-electron chi connectivity index (χ1n) is 12.0. The lowest BCUT2D eigenvalue weighted by Gasteiger charge is -2.13. The Bertz CT molecular complexity index is 1610. The lowest BCUT2D eigenvalue weighted by Crippen LogP contribution is -2.30. The molecule has 0 unspecified atom stereocenters. The second-order valence-corrected chi connectivity index (χ2v) is 10.8. The number of benzene rings is 4. The predicted octanol–water partition coefficient (Wildman–Crippen LogP) is 7.93. The van der Waals surface area contributed by atoms with Gasteiger partial charge in [-0.15, -0.1) is 11.8 Å². The minimum Gasteiger partial charge on any atom is -0.324 e. The monoisotopic (exact) mass is 627 g/mol. The number of carbonyl (C=O) groups is 3. The number of thioether (sulfide) groups is 1. The Balaban J connectivity index is 1.49. The number of amides is 3. The zero-order valence-electron chi connectivity index (χ0n) is 21.1. The van der Waals surface area contributed by atoms with Crippen molar-refractivity contribution in [1.29, 1.82) is 0 Å². The van der Waals surface area contributed by atoms with Gasteiger partial charge in [0.15, 0.2) is 0 Å². The van der Waals surface area contributed by atoms with Gasteiger partial charge in [0.1, 0.15) is 11.5 Å². The maximum atomic E-state index is 14.5. The van der Waals surface area contributed by atoms with E-state index in [2.05, 4.69) is 16.0 Å². The third kappa shape index (κ3) is 8.58. The molecule has 208 valence electrons. The third-order valence-corrected chi connectivity index (χ3v) is 7.37. The van der Waals surface area contributed by atoms with Crippen molar-refractivity contribution in [3.63, 3.8) is 0 Å². The van der Waals surface area contributed by atoms with E-state index in [4.69, 9.17) is 34.8 Å². The lowest BCUT2D eigenvalue weighted by atomic mass is 10.1. The number of anilines is 2. The van der Waals surface area contributed by atoms with Crippen LogP contribution < -0.4 is 16.0 Å². The maximum Gasteiger partial charge on any atom is 0.272 e. The summed E-state index contributed by atoms with van der Waals surface area (Å²) in [6, 6.07) is 23.9. The number of halogens is 4. The van der Waals surface area contributed by atoms with Crippen LogP contribution in [0.3, 0.4) is 0 Å². The Kier molecular flexibility index (Phi) is 10.4. The summed E-state index contributed by atoms with van der Waals surface area (Å²) in [5.74, 6) is -2.17. The molecule has 0 aliphatic rings. The van der Waals surface area contributed by atoms with Crippen molar-refractivity contribution in [2.45, 2.75) is 4.90 Å². The van der Waals surface area contributed by atoms with E-state index in [-0.39, 0.29) is 27.9 Å². The van der Waals surface area contributed by atoms with Crippen molar-refractivity contribution in [2.75, 3.05) is 16.4 Å². The molecular weight excluding hydrogens is 608 g/mol. The molecule has 4 aromatic rings. The highest BCUT2D eigenvalue weighted by Gasteiger charge is 2.17. The molecule has 4 rings (SSSR count).